The Balaban J connectivity index is 2.18. The highest BCUT2D eigenvalue weighted by molar-refractivity contribution is 6.29. The van der Waals surface area contributed by atoms with E-state index < -0.39 is 0 Å². The van der Waals surface area contributed by atoms with E-state index in [9.17, 15) is 0 Å². The molecule has 6 nitrogen and oxygen atoms in total. The topological polar surface area (TPSA) is 74.5 Å². The van der Waals surface area contributed by atoms with Gasteiger partial charge in [0.25, 0.3) is 0 Å². The van der Waals surface area contributed by atoms with Crippen LogP contribution in [-0.2, 0) is 13.6 Å². The molecule has 14 heavy (non-hydrogen) atoms. The molecule has 2 N–H and O–H groups in total. The van der Waals surface area contributed by atoms with Crippen molar-refractivity contribution in [2.75, 3.05) is 5.73 Å². The number of rotatable bonds is 2. The van der Waals surface area contributed by atoms with Crippen LogP contribution in [0.2, 0.25) is 5.15 Å². The summed E-state index contributed by atoms with van der Waals surface area (Å²) < 4.78 is 3.20. The summed E-state index contributed by atoms with van der Waals surface area (Å²) in [6, 6.07) is 1.78. The minimum absolute atomic E-state index is 0.257. The van der Waals surface area contributed by atoms with Crippen LogP contribution in [0.5, 0.6) is 0 Å². The second-order valence-electron chi connectivity index (χ2n) is 2.88. The van der Waals surface area contributed by atoms with Crippen LogP contribution in [0.15, 0.2) is 12.4 Å². The van der Waals surface area contributed by atoms with E-state index in [0.717, 1.165) is 5.69 Å². The standard InChI is InChI=1S/C7H9ClN6/c1-13-6(8)2-5(11-13)3-14-4-10-7(9)12-14/h2,4H,3H2,1H3,(H2,9,12). The van der Waals surface area contributed by atoms with E-state index in [4.69, 9.17) is 17.3 Å². The molecular formula is C7H9ClN6. The molecule has 2 aromatic heterocycles. The highest BCUT2D eigenvalue weighted by Crippen LogP contribution is 2.09. The van der Waals surface area contributed by atoms with Gasteiger partial charge in [0.2, 0.25) is 5.95 Å². The largest absolute Gasteiger partial charge is 0.367 e. The van der Waals surface area contributed by atoms with Crippen molar-refractivity contribution < 1.29 is 0 Å². The first kappa shape index (κ1) is 9.01. The van der Waals surface area contributed by atoms with E-state index in [1.54, 1.807) is 28.8 Å². The second-order valence-corrected chi connectivity index (χ2v) is 3.27. The van der Waals surface area contributed by atoms with Crippen molar-refractivity contribution in [2.45, 2.75) is 6.54 Å². The number of hydrogen-bond acceptors (Lipinski definition) is 4. The van der Waals surface area contributed by atoms with E-state index in [2.05, 4.69) is 15.2 Å². The first-order valence-corrected chi connectivity index (χ1v) is 4.36. The van der Waals surface area contributed by atoms with E-state index in [1.165, 1.54) is 0 Å². The van der Waals surface area contributed by atoms with Crippen LogP contribution in [0.3, 0.4) is 0 Å². The van der Waals surface area contributed by atoms with E-state index in [1.807, 2.05) is 0 Å². The number of anilines is 1. The Morgan fingerprint density at radius 2 is 2.29 bits per heavy atom. The number of hydrogen-bond donors (Lipinski definition) is 1. The smallest absolute Gasteiger partial charge is 0.239 e. The van der Waals surface area contributed by atoms with Crippen LogP contribution in [-0.4, -0.2) is 24.5 Å². The number of halogens is 1. The Morgan fingerprint density at radius 3 is 2.79 bits per heavy atom. The number of nitrogens with zero attached hydrogens (tertiary/aromatic N) is 5. The maximum atomic E-state index is 5.83. The summed E-state index contributed by atoms with van der Waals surface area (Å²) >= 11 is 5.83. The molecular weight excluding hydrogens is 204 g/mol. The van der Waals surface area contributed by atoms with Crippen molar-refractivity contribution in [2.24, 2.45) is 7.05 Å². The maximum Gasteiger partial charge on any atom is 0.239 e. The fraction of sp³-hybridized carbons (Fsp3) is 0.286. The molecule has 2 heterocycles. The van der Waals surface area contributed by atoms with Crippen LogP contribution in [0.1, 0.15) is 5.69 Å². The minimum Gasteiger partial charge on any atom is -0.367 e. The molecule has 0 aliphatic rings. The average molecular weight is 213 g/mol. The van der Waals surface area contributed by atoms with Gasteiger partial charge < -0.3 is 5.73 Å². The number of aryl methyl sites for hydroxylation is 1. The lowest BCUT2D eigenvalue weighted by atomic mass is 10.4. The van der Waals surface area contributed by atoms with Crippen LogP contribution in [0, 0.1) is 0 Å². The van der Waals surface area contributed by atoms with Crippen molar-refractivity contribution in [1.29, 1.82) is 0 Å². The average Bonchev–Trinajstić information content (AvgIpc) is 2.62. The van der Waals surface area contributed by atoms with Crippen molar-refractivity contribution in [3.05, 3.63) is 23.2 Å². The van der Waals surface area contributed by atoms with Gasteiger partial charge in [0.1, 0.15) is 11.5 Å². The molecule has 0 aliphatic carbocycles. The highest BCUT2D eigenvalue weighted by atomic mass is 35.5. The van der Waals surface area contributed by atoms with Crippen LogP contribution in [0.25, 0.3) is 0 Å². The second kappa shape index (κ2) is 3.30. The number of aromatic nitrogens is 5. The summed E-state index contributed by atoms with van der Waals surface area (Å²) in [5.74, 6) is 0.257. The van der Waals surface area contributed by atoms with Gasteiger partial charge in [-0.05, 0) is 0 Å². The van der Waals surface area contributed by atoms with Crippen molar-refractivity contribution in [3.8, 4) is 0 Å². The predicted molar refractivity (Wildman–Crippen MR) is 51.8 cm³/mol. The lowest BCUT2D eigenvalue weighted by molar-refractivity contribution is 0.651. The summed E-state index contributed by atoms with van der Waals surface area (Å²) in [5.41, 5.74) is 6.19. The van der Waals surface area contributed by atoms with E-state index in [0.29, 0.717) is 11.7 Å². The van der Waals surface area contributed by atoms with Gasteiger partial charge in [-0.15, -0.1) is 5.10 Å². The predicted octanol–water partition coefficient (Wildman–Crippen LogP) is 0.295. The molecule has 0 saturated carbocycles. The summed E-state index contributed by atoms with van der Waals surface area (Å²) in [6.07, 6.45) is 1.55. The molecule has 0 unspecified atom stereocenters. The van der Waals surface area contributed by atoms with Gasteiger partial charge in [0, 0.05) is 13.1 Å². The zero-order valence-corrected chi connectivity index (χ0v) is 8.31. The maximum absolute atomic E-state index is 5.83. The normalized spacial score (nSPS) is 10.7. The number of nitrogen functional groups attached to an aromatic ring is 1. The summed E-state index contributed by atoms with van der Waals surface area (Å²) in [4.78, 5) is 3.80. The summed E-state index contributed by atoms with van der Waals surface area (Å²) in [5, 5.41) is 8.70. The summed E-state index contributed by atoms with van der Waals surface area (Å²) in [7, 11) is 1.78. The Labute approximate surface area is 85.3 Å². The fourth-order valence-corrected chi connectivity index (χ4v) is 1.29. The molecule has 0 radical (unpaired) electrons. The van der Waals surface area contributed by atoms with Gasteiger partial charge in [0.05, 0.1) is 12.2 Å². The van der Waals surface area contributed by atoms with Crippen molar-refractivity contribution in [3.63, 3.8) is 0 Å². The SMILES string of the molecule is Cn1nc(Cn2cnc(N)n2)cc1Cl. The van der Waals surface area contributed by atoms with Crippen LogP contribution in [0.4, 0.5) is 5.95 Å². The molecule has 0 aliphatic heterocycles. The lowest BCUT2D eigenvalue weighted by Crippen LogP contribution is -2.02. The van der Waals surface area contributed by atoms with Crippen LogP contribution >= 0.6 is 11.6 Å². The van der Waals surface area contributed by atoms with Gasteiger partial charge in [-0.1, -0.05) is 11.6 Å². The minimum atomic E-state index is 0.257. The summed E-state index contributed by atoms with van der Waals surface area (Å²) in [6.45, 7) is 0.519. The van der Waals surface area contributed by atoms with Crippen molar-refractivity contribution in [1.82, 2.24) is 24.5 Å². The van der Waals surface area contributed by atoms with Crippen molar-refractivity contribution >= 4 is 17.5 Å². The Bertz CT molecular complexity index is 425. The molecule has 7 heteroatoms. The van der Waals surface area contributed by atoms with Gasteiger partial charge in [-0.2, -0.15) is 5.10 Å². The molecule has 0 aromatic carbocycles. The Hall–Kier alpha value is -1.56. The van der Waals surface area contributed by atoms with E-state index >= 15 is 0 Å². The highest BCUT2D eigenvalue weighted by Gasteiger charge is 2.04. The van der Waals surface area contributed by atoms with Gasteiger partial charge in [-0.25, -0.2) is 9.67 Å². The molecule has 0 amide bonds. The molecule has 0 fully saturated rings. The quantitative estimate of drug-likeness (QED) is 0.777. The third-order valence-corrected chi connectivity index (χ3v) is 2.11. The zero-order valence-electron chi connectivity index (χ0n) is 7.55. The Morgan fingerprint density at radius 1 is 1.50 bits per heavy atom. The number of nitrogens with two attached hydrogens (primary N) is 1. The first-order valence-electron chi connectivity index (χ1n) is 3.98. The monoisotopic (exact) mass is 212 g/mol. The first-order chi connectivity index (χ1) is 6.65. The van der Waals surface area contributed by atoms with Crippen LogP contribution < -0.4 is 5.73 Å². The molecule has 0 spiro atoms. The van der Waals surface area contributed by atoms with Gasteiger partial charge >= 0.3 is 0 Å². The van der Waals surface area contributed by atoms with Gasteiger partial charge in [0.15, 0.2) is 0 Å². The third-order valence-electron chi connectivity index (χ3n) is 1.75. The van der Waals surface area contributed by atoms with E-state index in [-0.39, 0.29) is 5.95 Å². The Kier molecular flexibility index (Phi) is 2.12. The molecule has 2 aromatic rings. The molecule has 0 bridgehead atoms. The third kappa shape index (κ3) is 1.69. The molecule has 0 atom stereocenters. The molecule has 74 valence electrons. The fourth-order valence-electron chi connectivity index (χ4n) is 1.13. The lowest BCUT2D eigenvalue weighted by Gasteiger charge is -1.94. The molecule has 0 saturated heterocycles. The zero-order chi connectivity index (χ0) is 10.1. The van der Waals surface area contributed by atoms with Gasteiger partial charge in [-0.3, -0.25) is 4.68 Å². The molecule has 2 rings (SSSR count).